The van der Waals surface area contributed by atoms with Crippen molar-refractivity contribution in [2.24, 2.45) is 0 Å². The van der Waals surface area contributed by atoms with E-state index in [2.05, 4.69) is 6.07 Å². The van der Waals surface area contributed by atoms with Crippen molar-refractivity contribution in [2.45, 2.75) is 49.3 Å². The summed E-state index contributed by atoms with van der Waals surface area (Å²) in [6, 6.07) is 15.3. The third-order valence-electron chi connectivity index (χ3n) is 4.78. The molecule has 3 aromatic rings. The van der Waals surface area contributed by atoms with Gasteiger partial charge in [0, 0.05) is 21.0 Å². The van der Waals surface area contributed by atoms with Gasteiger partial charge in [-0.2, -0.15) is 0 Å². The highest BCUT2D eigenvalue weighted by atomic mass is 32.2. The first-order valence-corrected chi connectivity index (χ1v) is 13.9. The predicted molar refractivity (Wildman–Crippen MR) is 120 cm³/mol. The standard InChI is InChI=1S/C22H25O4S3/c1-3-5-13-28(23,24)19-10-7-17(8-11-19)21-15-18-9-12-20(16-22(18)27-21)29(25,26)14-6-4-2/h7-12,16H,3-6,13-14H2,1-2H3. The smallest absolute Gasteiger partial charge is 0.178 e. The van der Waals surface area contributed by atoms with Gasteiger partial charge in [-0.15, -0.1) is 11.3 Å². The van der Waals surface area contributed by atoms with Gasteiger partial charge in [0.25, 0.3) is 0 Å². The number of benzene rings is 2. The van der Waals surface area contributed by atoms with Gasteiger partial charge >= 0.3 is 0 Å². The summed E-state index contributed by atoms with van der Waals surface area (Å²) in [5.74, 6) is 0.318. The summed E-state index contributed by atoms with van der Waals surface area (Å²) < 4.78 is 50.4. The van der Waals surface area contributed by atoms with Crippen LogP contribution in [-0.4, -0.2) is 28.3 Å². The van der Waals surface area contributed by atoms with E-state index in [0.29, 0.717) is 22.6 Å². The minimum Gasteiger partial charge on any atom is -0.224 e. The minimum atomic E-state index is -3.27. The van der Waals surface area contributed by atoms with Crippen molar-refractivity contribution in [3.8, 4) is 10.4 Å². The van der Waals surface area contributed by atoms with E-state index in [-0.39, 0.29) is 11.5 Å². The molecule has 0 saturated heterocycles. The third kappa shape index (κ3) is 5.08. The molecule has 1 radical (unpaired) electrons. The SMILES string of the molecule is CCCCS(=O)(=O)c1ccc(-c2[c]c3ccc(S(=O)(=O)CCCC)cc3s2)cc1. The van der Waals surface area contributed by atoms with Crippen molar-refractivity contribution in [1.29, 1.82) is 0 Å². The Morgan fingerprint density at radius 3 is 1.93 bits per heavy atom. The van der Waals surface area contributed by atoms with Gasteiger partial charge in [0.2, 0.25) is 0 Å². The summed E-state index contributed by atoms with van der Waals surface area (Å²) in [6.07, 6.45) is 2.97. The maximum Gasteiger partial charge on any atom is 0.178 e. The lowest BCUT2D eigenvalue weighted by Crippen LogP contribution is -2.06. The normalized spacial score (nSPS) is 12.5. The zero-order chi connectivity index (χ0) is 21.1. The van der Waals surface area contributed by atoms with Crippen LogP contribution in [0.4, 0.5) is 0 Å². The van der Waals surface area contributed by atoms with Gasteiger partial charge in [0.15, 0.2) is 19.7 Å². The van der Waals surface area contributed by atoms with E-state index in [1.807, 2.05) is 13.8 Å². The van der Waals surface area contributed by atoms with Gasteiger partial charge in [-0.1, -0.05) is 44.9 Å². The van der Waals surface area contributed by atoms with E-state index in [1.54, 1.807) is 42.5 Å². The molecule has 3 rings (SSSR count). The summed E-state index contributed by atoms with van der Waals surface area (Å²) in [7, 11) is -6.52. The van der Waals surface area contributed by atoms with Crippen LogP contribution in [0.3, 0.4) is 0 Å². The molecule has 155 valence electrons. The number of hydrogen-bond acceptors (Lipinski definition) is 5. The van der Waals surface area contributed by atoms with Crippen molar-refractivity contribution < 1.29 is 16.8 Å². The minimum absolute atomic E-state index is 0.158. The second kappa shape index (κ2) is 8.98. The molecule has 0 aliphatic rings. The highest BCUT2D eigenvalue weighted by Gasteiger charge is 2.17. The van der Waals surface area contributed by atoms with Gasteiger partial charge in [0.05, 0.1) is 21.3 Å². The molecular weight excluding hydrogens is 424 g/mol. The second-order valence-corrected chi connectivity index (χ2v) is 12.4. The molecule has 0 aliphatic carbocycles. The molecule has 4 nitrogen and oxygen atoms in total. The van der Waals surface area contributed by atoms with E-state index in [1.165, 1.54) is 11.3 Å². The lowest BCUT2D eigenvalue weighted by Gasteiger charge is -2.04. The molecule has 1 aromatic heterocycles. The van der Waals surface area contributed by atoms with Crippen molar-refractivity contribution in [1.82, 2.24) is 0 Å². The van der Waals surface area contributed by atoms with Crippen molar-refractivity contribution in [2.75, 3.05) is 11.5 Å². The zero-order valence-electron chi connectivity index (χ0n) is 16.6. The Labute approximate surface area is 177 Å². The fourth-order valence-electron chi connectivity index (χ4n) is 2.99. The molecule has 0 saturated carbocycles. The van der Waals surface area contributed by atoms with E-state index in [4.69, 9.17) is 0 Å². The lowest BCUT2D eigenvalue weighted by atomic mass is 10.1. The molecular formula is C22H25O4S3. The predicted octanol–water partition coefficient (Wildman–Crippen LogP) is 5.52. The van der Waals surface area contributed by atoms with Gasteiger partial charge in [-0.25, -0.2) is 16.8 Å². The Morgan fingerprint density at radius 2 is 1.34 bits per heavy atom. The van der Waals surface area contributed by atoms with Crippen LogP contribution in [0, 0.1) is 6.07 Å². The number of thiophene rings is 1. The van der Waals surface area contributed by atoms with Crippen LogP contribution in [0.1, 0.15) is 39.5 Å². The van der Waals surface area contributed by atoms with E-state index < -0.39 is 19.7 Å². The molecule has 7 heteroatoms. The number of sulfone groups is 2. The van der Waals surface area contributed by atoms with Gasteiger partial charge in [-0.05, 0) is 42.7 Å². The maximum absolute atomic E-state index is 12.5. The van der Waals surface area contributed by atoms with Crippen LogP contribution >= 0.6 is 11.3 Å². The van der Waals surface area contributed by atoms with Gasteiger partial charge < -0.3 is 0 Å². The number of rotatable bonds is 9. The Morgan fingerprint density at radius 1 is 0.793 bits per heavy atom. The highest BCUT2D eigenvalue weighted by Crippen LogP contribution is 2.34. The monoisotopic (exact) mass is 449 g/mol. The van der Waals surface area contributed by atoms with Crippen LogP contribution in [0.2, 0.25) is 0 Å². The average Bonchev–Trinajstić information content (AvgIpc) is 3.14. The van der Waals surface area contributed by atoms with E-state index in [0.717, 1.165) is 33.4 Å². The topological polar surface area (TPSA) is 68.3 Å². The quantitative estimate of drug-likeness (QED) is 0.431. The molecule has 0 N–H and O–H groups in total. The summed E-state index contributed by atoms with van der Waals surface area (Å²) in [5, 5.41) is 0.860. The van der Waals surface area contributed by atoms with Crippen LogP contribution in [0.5, 0.6) is 0 Å². The number of unbranched alkanes of at least 4 members (excludes halogenated alkanes) is 2. The van der Waals surface area contributed by atoms with Crippen molar-refractivity contribution in [3.05, 3.63) is 48.5 Å². The van der Waals surface area contributed by atoms with Crippen LogP contribution in [0.15, 0.2) is 52.3 Å². The van der Waals surface area contributed by atoms with Crippen LogP contribution < -0.4 is 0 Å². The summed E-state index contributed by atoms with van der Waals surface area (Å²) >= 11 is 1.46. The Balaban J connectivity index is 1.89. The second-order valence-electron chi connectivity index (χ2n) is 7.08. The van der Waals surface area contributed by atoms with Crippen LogP contribution in [0.25, 0.3) is 20.5 Å². The van der Waals surface area contributed by atoms with E-state index >= 15 is 0 Å². The molecule has 0 spiro atoms. The van der Waals surface area contributed by atoms with Crippen LogP contribution in [-0.2, 0) is 19.7 Å². The zero-order valence-corrected chi connectivity index (χ0v) is 19.1. The molecule has 0 fully saturated rings. The maximum atomic E-state index is 12.5. The molecule has 2 aromatic carbocycles. The molecule has 29 heavy (non-hydrogen) atoms. The highest BCUT2D eigenvalue weighted by molar-refractivity contribution is 7.91. The van der Waals surface area contributed by atoms with E-state index in [9.17, 15) is 16.8 Å². The Hall–Kier alpha value is -1.70. The molecule has 0 bridgehead atoms. The third-order valence-corrected chi connectivity index (χ3v) is 9.50. The summed E-state index contributed by atoms with van der Waals surface area (Å²) in [5.41, 5.74) is 0.871. The van der Waals surface area contributed by atoms with Gasteiger partial charge in [0.1, 0.15) is 0 Å². The first-order chi connectivity index (χ1) is 13.8. The molecule has 0 atom stereocenters. The Kier molecular flexibility index (Phi) is 6.81. The first kappa shape index (κ1) is 22.0. The molecule has 1 heterocycles. The largest absolute Gasteiger partial charge is 0.224 e. The fourth-order valence-corrected chi connectivity index (χ4v) is 7.05. The Bertz CT molecular complexity index is 1190. The van der Waals surface area contributed by atoms with Gasteiger partial charge in [-0.3, -0.25) is 0 Å². The number of hydrogen-bond donors (Lipinski definition) is 0. The summed E-state index contributed by atoms with van der Waals surface area (Å²) in [6.45, 7) is 3.94. The molecule has 0 aliphatic heterocycles. The summed E-state index contributed by atoms with van der Waals surface area (Å²) in [4.78, 5) is 1.54. The lowest BCUT2D eigenvalue weighted by molar-refractivity contribution is 0.591. The number of fused-ring (bicyclic) bond motifs is 1. The first-order valence-electron chi connectivity index (χ1n) is 9.78. The van der Waals surface area contributed by atoms with Crippen molar-refractivity contribution in [3.63, 3.8) is 0 Å². The molecule has 0 unspecified atom stereocenters. The average molecular weight is 450 g/mol. The fraction of sp³-hybridized carbons (Fsp3) is 0.364. The van der Waals surface area contributed by atoms with Crippen molar-refractivity contribution >= 4 is 41.1 Å². The molecule has 0 amide bonds.